The molecule has 0 bridgehead atoms. The van der Waals surface area contributed by atoms with E-state index in [-0.39, 0.29) is 27.9 Å². The summed E-state index contributed by atoms with van der Waals surface area (Å²) in [5.41, 5.74) is 3.19. The predicted octanol–water partition coefficient (Wildman–Crippen LogP) is 6.32. The van der Waals surface area contributed by atoms with E-state index in [1.165, 1.54) is 18.1 Å². The van der Waals surface area contributed by atoms with E-state index >= 15 is 0 Å². The SMILES string of the molecule is C=CCOC(=O)c1sc(N2C(=O)C(=O)/C(=C(/O)c3ccc(OCc4cccc(C)c4)cc3)C2c2cccc(OC)c2)nc1C. The minimum atomic E-state index is -1.05. The Balaban J connectivity index is 1.53. The Bertz CT molecular complexity index is 1770. The Morgan fingerprint density at radius 3 is 2.50 bits per heavy atom. The van der Waals surface area contributed by atoms with Crippen LogP contribution < -0.4 is 14.4 Å². The van der Waals surface area contributed by atoms with E-state index in [1.807, 2.05) is 31.2 Å². The number of carbonyl (C=O) groups is 3. The van der Waals surface area contributed by atoms with Crippen LogP contribution in [0.15, 0.2) is 91.0 Å². The summed E-state index contributed by atoms with van der Waals surface area (Å²) >= 11 is 0.926. The molecule has 1 fully saturated rings. The van der Waals surface area contributed by atoms with Crippen LogP contribution in [0.1, 0.15) is 43.7 Å². The van der Waals surface area contributed by atoms with Crippen molar-refractivity contribution in [1.29, 1.82) is 0 Å². The lowest BCUT2D eigenvalue weighted by Crippen LogP contribution is -2.29. The Kier molecular flexibility index (Phi) is 8.91. The first-order valence-corrected chi connectivity index (χ1v) is 14.5. The van der Waals surface area contributed by atoms with Crippen LogP contribution in [-0.4, -0.2) is 41.5 Å². The van der Waals surface area contributed by atoms with E-state index in [9.17, 15) is 19.5 Å². The lowest BCUT2D eigenvalue weighted by Gasteiger charge is -2.23. The maximum atomic E-state index is 13.6. The Morgan fingerprint density at radius 2 is 1.80 bits per heavy atom. The summed E-state index contributed by atoms with van der Waals surface area (Å²) in [5, 5.41) is 11.6. The van der Waals surface area contributed by atoms with Crippen molar-refractivity contribution in [2.75, 3.05) is 18.6 Å². The molecule has 1 aromatic heterocycles. The first-order chi connectivity index (χ1) is 21.2. The third-order valence-electron chi connectivity index (χ3n) is 6.98. The highest BCUT2D eigenvalue weighted by Crippen LogP contribution is 2.44. The molecule has 0 aliphatic carbocycles. The van der Waals surface area contributed by atoms with Gasteiger partial charge in [-0.05, 0) is 61.4 Å². The molecular formula is C34H30N2O7S. The summed E-state index contributed by atoms with van der Waals surface area (Å²) in [4.78, 5) is 45.6. The zero-order valence-electron chi connectivity index (χ0n) is 24.4. The largest absolute Gasteiger partial charge is 0.507 e. The van der Waals surface area contributed by atoms with Crippen molar-refractivity contribution in [2.24, 2.45) is 0 Å². The van der Waals surface area contributed by atoms with Gasteiger partial charge >= 0.3 is 11.9 Å². The summed E-state index contributed by atoms with van der Waals surface area (Å²) in [7, 11) is 1.50. The van der Waals surface area contributed by atoms with Crippen LogP contribution in [0.4, 0.5) is 5.13 Å². The predicted molar refractivity (Wildman–Crippen MR) is 167 cm³/mol. The number of rotatable bonds is 10. The van der Waals surface area contributed by atoms with Crippen LogP contribution in [0, 0.1) is 13.8 Å². The number of hydrogen-bond donors (Lipinski definition) is 1. The molecule has 1 N–H and O–H groups in total. The van der Waals surface area contributed by atoms with Gasteiger partial charge < -0.3 is 19.3 Å². The average Bonchev–Trinajstić information content (AvgIpc) is 3.54. The maximum Gasteiger partial charge on any atom is 0.350 e. The lowest BCUT2D eigenvalue weighted by atomic mass is 9.95. The van der Waals surface area contributed by atoms with E-state index in [4.69, 9.17) is 14.2 Å². The number of thiazole rings is 1. The number of carbonyl (C=O) groups excluding carboxylic acids is 3. The molecule has 0 saturated carbocycles. The number of benzene rings is 3. The van der Waals surface area contributed by atoms with Crippen LogP contribution >= 0.6 is 11.3 Å². The number of nitrogens with zero attached hydrogens (tertiary/aromatic N) is 2. The molecule has 1 amide bonds. The van der Waals surface area contributed by atoms with Crippen molar-refractivity contribution >= 4 is 39.9 Å². The zero-order chi connectivity index (χ0) is 31.4. The molecule has 224 valence electrons. The third kappa shape index (κ3) is 6.11. The highest BCUT2D eigenvalue weighted by molar-refractivity contribution is 7.17. The van der Waals surface area contributed by atoms with Gasteiger partial charge in [0.1, 0.15) is 35.3 Å². The Labute approximate surface area is 258 Å². The van der Waals surface area contributed by atoms with Gasteiger partial charge in [0.15, 0.2) is 5.13 Å². The molecule has 3 aromatic carbocycles. The molecule has 44 heavy (non-hydrogen) atoms. The highest BCUT2D eigenvalue weighted by atomic mass is 32.1. The first-order valence-electron chi connectivity index (χ1n) is 13.7. The van der Waals surface area contributed by atoms with Crippen LogP contribution in [0.3, 0.4) is 0 Å². The summed E-state index contributed by atoms with van der Waals surface area (Å²) in [6.45, 7) is 7.55. The molecule has 1 atom stereocenters. The van der Waals surface area contributed by atoms with E-state index in [0.29, 0.717) is 34.9 Å². The summed E-state index contributed by atoms with van der Waals surface area (Å²) < 4.78 is 16.5. The summed E-state index contributed by atoms with van der Waals surface area (Å²) in [6, 6.07) is 20.4. The highest BCUT2D eigenvalue weighted by Gasteiger charge is 2.48. The maximum absolute atomic E-state index is 13.6. The second kappa shape index (κ2) is 13.0. The van der Waals surface area contributed by atoms with Gasteiger partial charge in [-0.3, -0.25) is 14.5 Å². The number of anilines is 1. The quantitative estimate of drug-likeness (QED) is 0.0730. The molecular weight excluding hydrogens is 580 g/mol. The van der Waals surface area contributed by atoms with Crippen LogP contribution in [-0.2, 0) is 20.9 Å². The van der Waals surface area contributed by atoms with Crippen molar-refractivity contribution in [1.82, 2.24) is 4.98 Å². The number of aryl methyl sites for hydroxylation is 2. The van der Waals surface area contributed by atoms with Gasteiger partial charge in [-0.1, -0.05) is 66.0 Å². The number of amides is 1. The third-order valence-corrected chi connectivity index (χ3v) is 8.12. The van der Waals surface area contributed by atoms with Gasteiger partial charge in [-0.2, -0.15) is 0 Å². The number of methoxy groups -OCH3 is 1. The van der Waals surface area contributed by atoms with E-state index in [1.54, 1.807) is 55.5 Å². The van der Waals surface area contributed by atoms with Crippen LogP contribution in [0.25, 0.3) is 5.76 Å². The number of aromatic nitrogens is 1. The summed E-state index contributed by atoms with van der Waals surface area (Å²) in [6.07, 6.45) is 1.44. The number of esters is 1. The van der Waals surface area contributed by atoms with Crippen molar-refractivity contribution in [3.8, 4) is 11.5 Å². The number of ether oxygens (including phenoxy) is 3. The van der Waals surface area contributed by atoms with E-state index < -0.39 is 23.7 Å². The van der Waals surface area contributed by atoms with Gasteiger partial charge in [-0.25, -0.2) is 9.78 Å². The number of hydrogen-bond acceptors (Lipinski definition) is 9. The average molecular weight is 611 g/mol. The van der Waals surface area contributed by atoms with Crippen LogP contribution in [0.5, 0.6) is 11.5 Å². The van der Waals surface area contributed by atoms with Gasteiger partial charge in [0, 0.05) is 5.56 Å². The van der Waals surface area contributed by atoms with Gasteiger partial charge in [-0.15, -0.1) is 0 Å². The number of ketones is 1. The molecule has 1 unspecified atom stereocenters. The molecule has 1 aliphatic heterocycles. The smallest absolute Gasteiger partial charge is 0.350 e. The fraction of sp³-hybridized carbons (Fsp3) is 0.176. The zero-order valence-corrected chi connectivity index (χ0v) is 25.2. The fourth-order valence-corrected chi connectivity index (χ4v) is 5.85. The number of Topliss-reactive ketones (excluding diaryl/α,β-unsaturated/α-hetero) is 1. The van der Waals surface area contributed by atoms with Crippen molar-refractivity contribution in [2.45, 2.75) is 26.5 Å². The minimum absolute atomic E-state index is 0.00951. The van der Waals surface area contributed by atoms with Crippen molar-refractivity contribution in [3.63, 3.8) is 0 Å². The monoisotopic (exact) mass is 610 g/mol. The van der Waals surface area contributed by atoms with Crippen molar-refractivity contribution < 1.29 is 33.7 Å². The molecule has 0 spiro atoms. The van der Waals surface area contributed by atoms with Gasteiger partial charge in [0.2, 0.25) is 0 Å². The molecule has 0 radical (unpaired) electrons. The molecule has 2 heterocycles. The fourth-order valence-electron chi connectivity index (χ4n) is 4.86. The van der Waals surface area contributed by atoms with Gasteiger partial charge in [0.25, 0.3) is 5.78 Å². The molecule has 10 heteroatoms. The molecule has 5 rings (SSSR count). The second-order valence-electron chi connectivity index (χ2n) is 10.0. The number of aliphatic hydroxyl groups is 1. The van der Waals surface area contributed by atoms with E-state index in [2.05, 4.69) is 11.6 Å². The molecule has 9 nitrogen and oxygen atoms in total. The minimum Gasteiger partial charge on any atom is -0.507 e. The number of aliphatic hydroxyl groups excluding tert-OH is 1. The van der Waals surface area contributed by atoms with E-state index in [0.717, 1.165) is 22.5 Å². The standard InChI is InChI=1S/C34H30N2O7S/c1-5-16-42-33(40)31-21(3)35-34(44-31)36-28(24-10-7-11-26(18-24)41-4)27(30(38)32(36)39)29(37)23-12-14-25(15-13-23)43-19-22-9-6-8-20(2)17-22/h5-15,17-18,28,37H,1,16,19H2,2-4H3/b29-27+. The van der Waals surface area contributed by atoms with Crippen molar-refractivity contribution in [3.05, 3.63) is 124 Å². The molecule has 4 aromatic rings. The molecule has 1 saturated heterocycles. The Morgan fingerprint density at radius 1 is 1.05 bits per heavy atom. The summed E-state index contributed by atoms with van der Waals surface area (Å²) in [5.74, 6) is -1.70. The molecule has 1 aliphatic rings. The van der Waals surface area contributed by atoms with Crippen LogP contribution in [0.2, 0.25) is 0 Å². The first kappa shape index (κ1) is 30.2. The lowest BCUT2D eigenvalue weighted by molar-refractivity contribution is -0.132. The normalized spacial score (nSPS) is 15.7. The van der Waals surface area contributed by atoms with Gasteiger partial charge in [0.05, 0.1) is 24.4 Å². The second-order valence-corrected chi connectivity index (χ2v) is 11.0. The Hall–Kier alpha value is -5.22. The topological polar surface area (TPSA) is 115 Å².